The maximum atomic E-state index is 13.2. The van der Waals surface area contributed by atoms with Gasteiger partial charge in [-0.2, -0.15) is 8.78 Å². The van der Waals surface area contributed by atoms with Crippen LogP contribution in [0, 0.1) is 23.2 Å². The fourth-order valence-corrected chi connectivity index (χ4v) is 5.23. The first kappa shape index (κ1) is 21.0. The monoisotopic (exact) mass is 404 g/mol. The van der Waals surface area contributed by atoms with E-state index >= 15 is 0 Å². The first-order valence-corrected chi connectivity index (χ1v) is 9.58. The van der Waals surface area contributed by atoms with E-state index in [1.54, 1.807) is 0 Å². The Labute approximate surface area is 161 Å². The predicted molar refractivity (Wildman–Crippen MR) is 90.1 cm³/mol. The molecule has 4 rings (SSSR count). The summed E-state index contributed by atoms with van der Waals surface area (Å²) >= 11 is 0. The Morgan fingerprint density at radius 1 is 1.11 bits per heavy atom. The van der Waals surface area contributed by atoms with Gasteiger partial charge in [0.25, 0.3) is 0 Å². The Morgan fingerprint density at radius 2 is 1.68 bits per heavy atom. The van der Waals surface area contributed by atoms with Crippen molar-refractivity contribution in [1.29, 1.82) is 0 Å². The van der Waals surface area contributed by atoms with Gasteiger partial charge in [0, 0.05) is 13.8 Å². The van der Waals surface area contributed by atoms with Gasteiger partial charge in [-0.15, -0.1) is 0 Å². The van der Waals surface area contributed by atoms with Gasteiger partial charge in [-0.1, -0.05) is 0 Å². The van der Waals surface area contributed by atoms with Crippen LogP contribution in [-0.4, -0.2) is 54.4 Å². The molecule has 1 N–H and O–H groups in total. The highest BCUT2D eigenvalue weighted by Crippen LogP contribution is 2.61. The molecule has 0 saturated heterocycles. The lowest BCUT2D eigenvalue weighted by Gasteiger charge is -2.57. The maximum Gasteiger partial charge on any atom is 0.376 e. The first-order valence-electron chi connectivity index (χ1n) is 9.58. The second-order valence-electron chi connectivity index (χ2n) is 8.56. The van der Waals surface area contributed by atoms with E-state index in [2.05, 4.69) is 4.74 Å². The Bertz CT molecular complexity index is 629. The summed E-state index contributed by atoms with van der Waals surface area (Å²) in [6.45, 7) is 1.19. The molecule has 0 aliphatic heterocycles. The molecule has 0 aromatic rings. The molecule has 4 aliphatic rings. The minimum Gasteiger partial charge on any atom is -0.463 e. The zero-order chi connectivity index (χ0) is 20.7. The highest BCUT2D eigenvalue weighted by atomic mass is 19.3. The number of carbonyl (C=O) groups is 3. The number of ether oxygens (including phenoxy) is 3. The molecular weight excluding hydrogens is 378 g/mol. The van der Waals surface area contributed by atoms with Crippen LogP contribution >= 0.6 is 0 Å². The van der Waals surface area contributed by atoms with Crippen LogP contribution < -0.4 is 0 Å². The quantitative estimate of drug-likeness (QED) is 0.511. The standard InChI is InChI=1S/C19H26F2O7/c1-10(22)26-8-14(23)9-27-17(25)19-5-11-3-12(6-19)15(13(4-11)7-19)28-16(24)18(2,20)21/h11-15,23H,3-9H2,1-2H3. The van der Waals surface area contributed by atoms with Crippen LogP contribution in [0.15, 0.2) is 0 Å². The molecule has 0 aromatic heterocycles. The van der Waals surface area contributed by atoms with Crippen LogP contribution in [0.5, 0.6) is 0 Å². The van der Waals surface area contributed by atoms with Gasteiger partial charge in [0.05, 0.1) is 5.41 Å². The predicted octanol–water partition coefficient (Wildman–Crippen LogP) is 1.85. The van der Waals surface area contributed by atoms with E-state index in [0.717, 1.165) is 12.8 Å². The normalized spacial score (nSPS) is 34.6. The third-order valence-corrected chi connectivity index (χ3v) is 6.11. The summed E-state index contributed by atoms with van der Waals surface area (Å²) in [5, 5.41) is 9.76. The Kier molecular flexibility index (Phi) is 5.67. The van der Waals surface area contributed by atoms with Gasteiger partial charge in [0.15, 0.2) is 0 Å². The second kappa shape index (κ2) is 7.57. The Balaban J connectivity index is 1.60. The van der Waals surface area contributed by atoms with E-state index in [-0.39, 0.29) is 31.0 Å². The van der Waals surface area contributed by atoms with Crippen molar-refractivity contribution in [3.63, 3.8) is 0 Å². The fourth-order valence-electron chi connectivity index (χ4n) is 5.23. The van der Waals surface area contributed by atoms with Crippen molar-refractivity contribution in [2.24, 2.45) is 23.2 Å². The largest absolute Gasteiger partial charge is 0.463 e. The summed E-state index contributed by atoms with van der Waals surface area (Å²) < 4.78 is 41.5. The number of aliphatic hydroxyl groups is 1. The first-order chi connectivity index (χ1) is 13.0. The third-order valence-electron chi connectivity index (χ3n) is 6.11. The molecule has 0 spiro atoms. The molecule has 4 saturated carbocycles. The average Bonchev–Trinajstić information content (AvgIpc) is 2.59. The van der Waals surface area contributed by atoms with Crippen molar-refractivity contribution < 1.29 is 42.5 Å². The number of hydrogen-bond acceptors (Lipinski definition) is 7. The molecule has 0 aromatic carbocycles. The molecule has 4 bridgehead atoms. The number of halogens is 2. The number of alkyl halides is 2. The molecule has 9 heteroatoms. The molecule has 158 valence electrons. The molecule has 0 heterocycles. The minimum atomic E-state index is -3.54. The number of rotatable bonds is 7. The van der Waals surface area contributed by atoms with Gasteiger partial charge in [0.2, 0.25) is 0 Å². The van der Waals surface area contributed by atoms with Crippen molar-refractivity contribution in [3.8, 4) is 0 Å². The minimum absolute atomic E-state index is 0.143. The SMILES string of the molecule is CC(=O)OCC(O)COC(=O)C12CC3CC(C1)C(OC(=O)C(C)(F)F)C(C3)C2. The van der Waals surface area contributed by atoms with Gasteiger partial charge in [-0.3, -0.25) is 9.59 Å². The lowest BCUT2D eigenvalue weighted by molar-refractivity contribution is -0.208. The van der Waals surface area contributed by atoms with Crippen LogP contribution in [0.3, 0.4) is 0 Å². The van der Waals surface area contributed by atoms with E-state index < -0.39 is 41.5 Å². The van der Waals surface area contributed by atoms with Crippen molar-refractivity contribution in [2.75, 3.05) is 13.2 Å². The second-order valence-corrected chi connectivity index (χ2v) is 8.56. The van der Waals surface area contributed by atoms with Gasteiger partial charge >= 0.3 is 23.8 Å². The zero-order valence-corrected chi connectivity index (χ0v) is 16.0. The lowest BCUT2D eigenvalue weighted by Crippen LogP contribution is -2.58. The molecule has 4 fully saturated rings. The van der Waals surface area contributed by atoms with Crippen LogP contribution in [0.2, 0.25) is 0 Å². The van der Waals surface area contributed by atoms with Crippen LogP contribution in [0.25, 0.3) is 0 Å². The topological polar surface area (TPSA) is 99.1 Å². The smallest absolute Gasteiger partial charge is 0.376 e. The van der Waals surface area contributed by atoms with Crippen LogP contribution in [-0.2, 0) is 28.6 Å². The van der Waals surface area contributed by atoms with Gasteiger partial charge in [-0.25, -0.2) is 4.79 Å². The molecule has 0 radical (unpaired) electrons. The highest BCUT2D eigenvalue weighted by Gasteiger charge is 2.60. The van der Waals surface area contributed by atoms with Crippen LogP contribution in [0.1, 0.15) is 46.0 Å². The zero-order valence-electron chi connectivity index (χ0n) is 16.0. The molecule has 3 unspecified atom stereocenters. The Hall–Kier alpha value is -1.77. The molecule has 4 aliphatic carbocycles. The van der Waals surface area contributed by atoms with Crippen molar-refractivity contribution in [2.45, 2.75) is 64.1 Å². The molecule has 28 heavy (non-hydrogen) atoms. The molecule has 7 nitrogen and oxygen atoms in total. The van der Waals surface area contributed by atoms with E-state index in [4.69, 9.17) is 9.47 Å². The van der Waals surface area contributed by atoms with Gasteiger partial charge < -0.3 is 19.3 Å². The fraction of sp³-hybridized carbons (Fsp3) is 0.842. The highest BCUT2D eigenvalue weighted by molar-refractivity contribution is 5.78. The van der Waals surface area contributed by atoms with Crippen LogP contribution in [0.4, 0.5) is 8.78 Å². The number of carbonyl (C=O) groups excluding carboxylic acids is 3. The lowest BCUT2D eigenvalue weighted by atomic mass is 9.48. The number of hydrogen-bond donors (Lipinski definition) is 1. The summed E-state index contributed by atoms with van der Waals surface area (Å²) in [6.07, 6.45) is 1.29. The third kappa shape index (κ3) is 4.29. The molecular formula is C19H26F2O7. The van der Waals surface area contributed by atoms with Crippen molar-refractivity contribution in [1.82, 2.24) is 0 Å². The van der Waals surface area contributed by atoms with E-state index in [1.165, 1.54) is 6.92 Å². The molecule has 3 atom stereocenters. The number of esters is 3. The summed E-state index contributed by atoms with van der Waals surface area (Å²) in [5.74, 6) is -6.04. The molecule has 0 amide bonds. The van der Waals surface area contributed by atoms with Crippen molar-refractivity contribution in [3.05, 3.63) is 0 Å². The Morgan fingerprint density at radius 3 is 2.21 bits per heavy atom. The summed E-state index contributed by atoms with van der Waals surface area (Å²) in [4.78, 5) is 35.1. The summed E-state index contributed by atoms with van der Waals surface area (Å²) in [7, 11) is 0. The summed E-state index contributed by atoms with van der Waals surface area (Å²) in [5.41, 5.74) is -0.727. The maximum absolute atomic E-state index is 13.2. The van der Waals surface area contributed by atoms with E-state index in [9.17, 15) is 28.3 Å². The number of aliphatic hydroxyl groups excluding tert-OH is 1. The van der Waals surface area contributed by atoms with E-state index in [0.29, 0.717) is 26.2 Å². The van der Waals surface area contributed by atoms with E-state index in [1.807, 2.05) is 0 Å². The van der Waals surface area contributed by atoms with Gasteiger partial charge in [-0.05, 0) is 49.9 Å². The average molecular weight is 404 g/mol. The summed E-state index contributed by atoms with van der Waals surface area (Å²) in [6, 6.07) is 0. The van der Waals surface area contributed by atoms with Gasteiger partial charge in [0.1, 0.15) is 25.4 Å². The van der Waals surface area contributed by atoms with Crippen molar-refractivity contribution >= 4 is 17.9 Å².